The fourth-order valence-electron chi connectivity index (χ4n) is 3.25. The first-order valence-corrected chi connectivity index (χ1v) is 9.82. The van der Waals surface area contributed by atoms with Crippen LogP contribution >= 0.6 is 22.6 Å². The van der Waals surface area contributed by atoms with Crippen LogP contribution in [0.4, 0.5) is 0 Å². The van der Waals surface area contributed by atoms with Crippen molar-refractivity contribution in [2.45, 2.75) is 44.4 Å². The van der Waals surface area contributed by atoms with Crippen molar-refractivity contribution >= 4 is 22.6 Å². The van der Waals surface area contributed by atoms with Gasteiger partial charge >= 0.3 is 0 Å². The first-order valence-electron chi connectivity index (χ1n) is 8.29. The van der Waals surface area contributed by atoms with E-state index in [4.69, 9.17) is 0 Å². The van der Waals surface area contributed by atoms with Gasteiger partial charge in [0.1, 0.15) is 11.5 Å². The molecule has 3 heteroatoms. The second kappa shape index (κ2) is 9.16. The van der Waals surface area contributed by atoms with E-state index in [-0.39, 0.29) is 0 Å². The predicted octanol–water partition coefficient (Wildman–Crippen LogP) is 5.98. The minimum absolute atomic E-state index is 0.315. The van der Waals surface area contributed by atoms with Gasteiger partial charge in [-0.3, -0.25) is 0 Å². The molecule has 0 saturated heterocycles. The van der Waals surface area contributed by atoms with E-state index < -0.39 is 0 Å². The lowest BCUT2D eigenvalue weighted by Crippen LogP contribution is -2.11. The number of alkyl halides is 1. The highest BCUT2D eigenvalue weighted by Gasteiger charge is 2.23. The molecule has 0 aromatic heterocycles. The fraction of sp³-hybridized carbons (Fsp3) is 0.400. The Morgan fingerprint density at radius 1 is 0.783 bits per heavy atom. The van der Waals surface area contributed by atoms with Crippen molar-refractivity contribution in [3.8, 4) is 11.5 Å². The van der Waals surface area contributed by atoms with E-state index in [1.54, 1.807) is 24.3 Å². The Kier molecular flexibility index (Phi) is 7.21. The maximum Gasteiger partial charge on any atom is 0.115 e. The first kappa shape index (κ1) is 18.1. The summed E-state index contributed by atoms with van der Waals surface area (Å²) in [6, 6.07) is 15.3. The maximum absolute atomic E-state index is 9.57. The highest BCUT2D eigenvalue weighted by atomic mass is 127. The number of rotatable bonds is 8. The predicted molar refractivity (Wildman–Crippen MR) is 105 cm³/mol. The Hall–Kier alpha value is -1.23. The Balaban J connectivity index is 2.29. The van der Waals surface area contributed by atoms with Gasteiger partial charge in [-0.25, -0.2) is 0 Å². The fourth-order valence-corrected chi connectivity index (χ4v) is 3.79. The number of benzene rings is 2. The number of phenolic OH excluding ortho intramolecular Hbond substituents is 2. The van der Waals surface area contributed by atoms with Crippen LogP contribution in [0, 0.1) is 0 Å². The Labute approximate surface area is 152 Å². The van der Waals surface area contributed by atoms with Gasteiger partial charge in [0.25, 0.3) is 0 Å². The molecule has 2 nitrogen and oxygen atoms in total. The molecule has 0 heterocycles. The summed E-state index contributed by atoms with van der Waals surface area (Å²) >= 11 is 2.43. The highest BCUT2D eigenvalue weighted by molar-refractivity contribution is 14.1. The van der Waals surface area contributed by atoms with E-state index in [1.165, 1.54) is 28.4 Å². The van der Waals surface area contributed by atoms with Crippen molar-refractivity contribution in [3.05, 3.63) is 59.7 Å². The largest absolute Gasteiger partial charge is 0.508 e. The number of unbranched alkanes of at least 4 members (excludes halogenated alkanes) is 1. The average Bonchev–Trinajstić information content (AvgIpc) is 2.57. The molecule has 0 spiro atoms. The molecule has 2 rings (SSSR count). The van der Waals surface area contributed by atoms with E-state index in [2.05, 4.69) is 29.5 Å². The van der Waals surface area contributed by atoms with Crippen LogP contribution in [0.2, 0.25) is 0 Å². The summed E-state index contributed by atoms with van der Waals surface area (Å²) in [6.07, 6.45) is 4.65. The normalized spacial score (nSPS) is 13.7. The Bertz CT molecular complexity index is 578. The quantitative estimate of drug-likeness (QED) is 0.311. The monoisotopic (exact) mass is 424 g/mol. The van der Waals surface area contributed by atoms with Gasteiger partial charge < -0.3 is 10.2 Å². The maximum atomic E-state index is 9.57. The van der Waals surface area contributed by atoms with Crippen molar-refractivity contribution in [1.82, 2.24) is 0 Å². The average molecular weight is 424 g/mol. The Morgan fingerprint density at radius 3 is 1.70 bits per heavy atom. The summed E-state index contributed by atoms with van der Waals surface area (Å²) in [5, 5.41) is 19.1. The lowest BCUT2D eigenvalue weighted by molar-refractivity contribution is 0.463. The lowest BCUT2D eigenvalue weighted by Gasteiger charge is -2.27. The molecule has 0 saturated carbocycles. The molecule has 0 aliphatic carbocycles. The smallest absolute Gasteiger partial charge is 0.115 e. The molecule has 2 aromatic carbocycles. The third-order valence-electron chi connectivity index (χ3n) is 4.47. The van der Waals surface area contributed by atoms with Crippen LogP contribution in [0.15, 0.2) is 48.5 Å². The molecule has 2 aromatic rings. The zero-order valence-corrected chi connectivity index (χ0v) is 15.7. The number of aromatic hydroxyl groups is 2. The molecule has 0 aliphatic heterocycles. The van der Waals surface area contributed by atoms with Gasteiger partial charge in [-0.2, -0.15) is 0 Å². The summed E-state index contributed by atoms with van der Waals surface area (Å²) < 4.78 is 1.19. The molecular formula is C20H25IO2. The molecule has 0 radical (unpaired) electrons. The van der Waals surface area contributed by atoms with Crippen LogP contribution in [0.5, 0.6) is 11.5 Å². The third kappa shape index (κ3) is 5.13. The molecule has 0 unspecified atom stereocenters. The highest BCUT2D eigenvalue weighted by Crippen LogP contribution is 2.40. The summed E-state index contributed by atoms with van der Waals surface area (Å²) in [4.78, 5) is 0. The van der Waals surface area contributed by atoms with Crippen LogP contribution in [0.3, 0.4) is 0 Å². The van der Waals surface area contributed by atoms with Crippen LogP contribution in [-0.2, 0) is 0 Å². The number of phenols is 2. The van der Waals surface area contributed by atoms with Gasteiger partial charge in [-0.15, -0.1) is 0 Å². The van der Waals surface area contributed by atoms with E-state index >= 15 is 0 Å². The second-order valence-corrected chi connectivity index (χ2v) is 7.07. The van der Waals surface area contributed by atoms with E-state index in [0.29, 0.717) is 23.3 Å². The summed E-state index contributed by atoms with van der Waals surface area (Å²) in [7, 11) is 0. The van der Waals surface area contributed by atoms with E-state index in [9.17, 15) is 10.2 Å². The van der Waals surface area contributed by atoms with E-state index in [1.807, 2.05) is 24.3 Å². The van der Waals surface area contributed by atoms with Crippen molar-refractivity contribution < 1.29 is 10.2 Å². The second-order valence-electron chi connectivity index (χ2n) is 5.99. The van der Waals surface area contributed by atoms with Gasteiger partial charge in [0.2, 0.25) is 0 Å². The minimum Gasteiger partial charge on any atom is -0.508 e. The third-order valence-corrected chi connectivity index (χ3v) is 5.23. The topological polar surface area (TPSA) is 40.5 Å². The standard InChI is InChI=1S/C20H25IO2/c1-2-19(15-6-10-17(22)11-7-15)20(5-3-4-14-21)16-8-12-18(23)13-9-16/h6-13,19-20,22-23H,2-5,14H2,1H3/t19-,20+/m0/s1. The molecule has 124 valence electrons. The zero-order valence-electron chi connectivity index (χ0n) is 13.6. The summed E-state index contributed by atoms with van der Waals surface area (Å²) in [5.41, 5.74) is 2.56. The molecule has 2 N–H and O–H groups in total. The van der Waals surface area contributed by atoms with Gasteiger partial charge in [0.15, 0.2) is 0 Å². The Morgan fingerprint density at radius 2 is 1.26 bits per heavy atom. The lowest BCUT2D eigenvalue weighted by atomic mass is 9.77. The van der Waals surface area contributed by atoms with Crippen molar-refractivity contribution in [1.29, 1.82) is 0 Å². The van der Waals surface area contributed by atoms with Crippen LogP contribution in [-0.4, -0.2) is 14.6 Å². The molecule has 0 aliphatic rings. The molecule has 0 fully saturated rings. The number of hydrogen-bond donors (Lipinski definition) is 2. The van der Waals surface area contributed by atoms with Gasteiger partial charge in [-0.05, 0) is 70.9 Å². The van der Waals surface area contributed by atoms with Crippen molar-refractivity contribution in [2.24, 2.45) is 0 Å². The van der Waals surface area contributed by atoms with Crippen molar-refractivity contribution in [2.75, 3.05) is 4.43 Å². The molecule has 0 amide bonds. The SMILES string of the molecule is CC[C@@H](c1ccc(O)cc1)[C@H](CCCCI)c1ccc(O)cc1. The van der Waals surface area contributed by atoms with Gasteiger partial charge in [0.05, 0.1) is 0 Å². The zero-order chi connectivity index (χ0) is 16.7. The van der Waals surface area contributed by atoms with Crippen LogP contribution in [0.1, 0.15) is 55.6 Å². The first-order chi connectivity index (χ1) is 11.2. The summed E-state index contributed by atoms with van der Waals surface area (Å²) in [5.74, 6) is 1.49. The molecule has 0 bridgehead atoms. The van der Waals surface area contributed by atoms with E-state index in [0.717, 1.165) is 12.8 Å². The van der Waals surface area contributed by atoms with Crippen LogP contribution in [0.25, 0.3) is 0 Å². The van der Waals surface area contributed by atoms with Gasteiger partial charge in [0, 0.05) is 0 Å². The minimum atomic E-state index is 0.315. The number of halogens is 1. The van der Waals surface area contributed by atoms with Gasteiger partial charge in [-0.1, -0.05) is 60.2 Å². The van der Waals surface area contributed by atoms with Crippen molar-refractivity contribution in [3.63, 3.8) is 0 Å². The summed E-state index contributed by atoms with van der Waals surface area (Å²) in [6.45, 7) is 2.23. The van der Waals surface area contributed by atoms with Crippen LogP contribution < -0.4 is 0 Å². The number of hydrogen-bond acceptors (Lipinski definition) is 2. The molecular weight excluding hydrogens is 399 g/mol. The molecule has 23 heavy (non-hydrogen) atoms. The molecule has 2 atom stereocenters.